The maximum Gasteiger partial charge on any atom is 0.195 e. The average Bonchev–Trinajstić information content (AvgIpc) is 2.93. The molecular formula is C20H15N3O. The van der Waals surface area contributed by atoms with Crippen molar-refractivity contribution < 1.29 is 4.79 Å². The van der Waals surface area contributed by atoms with Gasteiger partial charge in [0.1, 0.15) is 5.48 Å². The first kappa shape index (κ1) is 13.2. The lowest BCUT2D eigenvalue weighted by molar-refractivity contribution is 0.105. The van der Waals surface area contributed by atoms with Gasteiger partial charge >= 0.3 is 0 Å². The fourth-order valence-corrected chi connectivity index (χ4v) is 3.67. The monoisotopic (exact) mass is 313 g/mol. The maximum atomic E-state index is 12.9. The Kier molecular flexibility index (Phi) is 2.54. The minimum atomic E-state index is 0.00431. The van der Waals surface area contributed by atoms with Crippen LogP contribution in [0.25, 0.3) is 27.4 Å². The molecule has 1 aliphatic rings. The summed E-state index contributed by atoms with van der Waals surface area (Å²) in [5.41, 5.74) is 11.7. The molecule has 1 heterocycles. The van der Waals surface area contributed by atoms with E-state index < -0.39 is 0 Å². The van der Waals surface area contributed by atoms with Crippen LogP contribution in [0.15, 0.2) is 54.6 Å². The van der Waals surface area contributed by atoms with Crippen LogP contribution in [0.4, 0.5) is 5.69 Å². The number of benzene rings is 3. The first-order valence-electron chi connectivity index (χ1n) is 7.93. The Bertz CT molecular complexity index is 1160. The Morgan fingerprint density at radius 1 is 0.875 bits per heavy atom. The van der Waals surface area contributed by atoms with Gasteiger partial charge in [-0.15, -0.1) is 0 Å². The summed E-state index contributed by atoms with van der Waals surface area (Å²) < 4.78 is 0. The molecule has 4 N–H and O–H groups in total. The molecule has 0 saturated carbocycles. The zero-order chi connectivity index (χ0) is 16.3. The molecule has 0 saturated heterocycles. The molecule has 1 aromatic heterocycles. The zero-order valence-electron chi connectivity index (χ0n) is 12.9. The van der Waals surface area contributed by atoms with Gasteiger partial charge in [-0.3, -0.25) is 4.79 Å². The van der Waals surface area contributed by atoms with Crippen molar-refractivity contribution in [3.63, 3.8) is 0 Å². The van der Waals surface area contributed by atoms with E-state index in [1.807, 2.05) is 36.4 Å². The molecule has 0 bridgehead atoms. The molecule has 4 heteroatoms. The SMILES string of the molecule is Nc1cccc2c1C(=O)C(=c1[nH]c3cccc4cccc([nH]1)c43)C2. The van der Waals surface area contributed by atoms with Crippen molar-refractivity contribution in [2.75, 3.05) is 5.73 Å². The van der Waals surface area contributed by atoms with Crippen molar-refractivity contribution in [2.24, 2.45) is 0 Å². The van der Waals surface area contributed by atoms with Gasteiger partial charge in [0, 0.05) is 39.7 Å². The van der Waals surface area contributed by atoms with Crippen LogP contribution < -0.4 is 11.2 Å². The summed E-state index contributed by atoms with van der Waals surface area (Å²) in [7, 11) is 0. The normalized spacial score (nSPS) is 13.8. The molecule has 0 amide bonds. The number of aromatic nitrogens is 2. The minimum absolute atomic E-state index is 0.00431. The van der Waals surface area contributed by atoms with Gasteiger partial charge in [0.05, 0.1) is 0 Å². The van der Waals surface area contributed by atoms with E-state index in [4.69, 9.17) is 5.73 Å². The molecule has 0 radical (unpaired) electrons. The maximum absolute atomic E-state index is 12.9. The van der Waals surface area contributed by atoms with Crippen LogP contribution in [0.3, 0.4) is 0 Å². The quantitative estimate of drug-likeness (QED) is 0.436. The van der Waals surface area contributed by atoms with E-state index in [1.54, 1.807) is 6.07 Å². The van der Waals surface area contributed by atoms with Crippen LogP contribution in [-0.4, -0.2) is 15.8 Å². The summed E-state index contributed by atoms with van der Waals surface area (Å²) in [5.74, 6) is 0.00431. The Labute approximate surface area is 137 Å². The van der Waals surface area contributed by atoms with Crippen LogP contribution in [0.1, 0.15) is 15.9 Å². The Hall–Kier alpha value is -3.27. The van der Waals surface area contributed by atoms with Crippen molar-refractivity contribution in [3.8, 4) is 0 Å². The van der Waals surface area contributed by atoms with Crippen LogP contribution >= 0.6 is 0 Å². The lowest BCUT2D eigenvalue weighted by Gasteiger charge is -2.07. The number of nitrogens with two attached hydrogens (primary N) is 1. The van der Waals surface area contributed by atoms with Crippen LogP contribution in [0.5, 0.6) is 0 Å². The molecule has 0 aliphatic heterocycles. The van der Waals surface area contributed by atoms with Crippen molar-refractivity contribution in [1.82, 2.24) is 9.97 Å². The average molecular weight is 313 g/mol. The number of hydrogen-bond acceptors (Lipinski definition) is 2. The molecule has 4 nitrogen and oxygen atoms in total. The minimum Gasteiger partial charge on any atom is -0.398 e. The summed E-state index contributed by atoms with van der Waals surface area (Å²) in [6, 6.07) is 17.9. The lowest BCUT2D eigenvalue weighted by atomic mass is 10.1. The van der Waals surface area contributed by atoms with E-state index in [2.05, 4.69) is 22.1 Å². The predicted molar refractivity (Wildman–Crippen MR) is 96.5 cm³/mol. The number of hydrogen-bond donors (Lipinski definition) is 3. The number of nitrogens with one attached hydrogen (secondary N) is 2. The van der Waals surface area contributed by atoms with Gasteiger partial charge < -0.3 is 15.7 Å². The van der Waals surface area contributed by atoms with Gasteiger partial charge in [-0.25, -0.2) is 0 Å². The summed E-state index contributed by atoms with van der Waals surface area (Å²) in [6.45, 7) is 0. The van der Waals surface area contributed by atoms with E-state index in [-0.39, 0.29) is 5.78 Å². The van der Waals surface area contributed by atoms with Crippen molar-refractivity contribution in [1.29, 1.82) is 0 Å². The van der Waals surface area contributed by atoms with E-state index in [0.29, 0.717) is 17.7 Å². The molecule has 3 aromatic carbocycles. The highest BCUT2D eigenvalue weighted by Gasteiger charge is 2.28. The summed E-state index contributed by atoms with van der Waals surface area (Å²) in [4.78, 5) is 19.6. The van der Waals surface area contributed by atoms with E-state index in [9.17, 15) is 4.79 Å². The molecule has 0 spiro atoms. The second-order valence-electron chi connectivity index (χ2n) is 6.20. The molecule has 1 aliphatic carbocycles. The van der Waals surface area contributed by atoms with Crippen molar-refractivity contribution >= 4 is 38.8 Å². The summed E-state index contributed by atoms with van der Waals surface area (Å²) >= 11 is 0. The van der Waals surface area contributed by atoms with Crippen molar-refractivity contribution in [3.05, 3.63) is 71.2 Å². The Balaban J connectivity index is 1.86. The molecule has 0 atom stereocenters. The second-order valence-corrected chi connectivity index (χ2v) is 6.20. The highest BCUT2D eigenvalue weighted by molar-refractivity contribution is 6.30. The highest BCUT2D eigenvalue weighted by Crippen LogP contribution is 2.30. The molecular weight excluding hydrogens is 298 g/mol. The number of anilines is 1. The van der Waals surface area contributed by atoms with Gasteiger partial charge in [0.15, 0.2) is 5.78 Å². The first-order valence-corrected chi connectivity index (χ1v) is 7.93. The van der Waals surface area contributed by atoms with Crippen LogP contribution in [0.2, 0.25) is 0 Å². The largest absolute Gasteiger partial charge is 0.398 e. The molecule has 0 fully saturated rings. The Morgan fingerprint density at radius 3 is 2.21 bits per heavy atom. The lowest BCUT2D eigenvalue weighted by Crippen LogP contribution is -2.19. The van der Waals surface area contributed by atoms with Crippen LogP contribution in [0, 0.1) is 0 Å². The third-order valence-electron chi connectivity index (χ3n) is 4.78. The standard InChI is InChI=1S/C20H15N3O/c21-14-7-1-6-12-10-13(19(24)17(12)14)20-22-15-8-2-4-11-5-3-9-16(23-20)18(11)15/h1-9,22-23H,10,21H2. The molecule has 116 valence electrons. The van der Waals surface area contributed by atoms with Crippen molar-refractivity contribution in [2.45, 2.75) is 6.42 Å². The number of H-pyrrole nitrogens is 2. The van der Waals surface area contributed by atoms with E-state index >= 15 is 0 Å². The number of aromatic amines is 2. The smallest absolute Gasteiger partial charge is 0.195 e. The third kappa shape index (κ3) is 1.71. The number of fused-ring (bicyclic) bond motifs is 1. The van der Waals surface area contributed by atoms with Crippen LogP contribution in [-0.2, 0) is 6.42 Å². The number of ketones is 1. The van der Waals surface area contributed by atoms with Gasteiger partial charge in [-0.2, -0.15) is 0 Å². The number of rotatable bonds is 0. The third-order valence-corrected chi connectivity index (χ3v) is 4.78. The Morgan fingerprint density at radius 2 is 1.54 bits per heavy atom. The fourth-order valence-electron chi connectivity index (χ4n) is 3.67. The number of Topliss-reactive ketones (excluding diaryl/α,β-unsaturated/α-hetero) is 1. The second kappa shape index (κ2) is 4.61. The van der Waals surface area contributed by atoms with E-state index in [1.165, 1.54) is 5.39 Å². The number of nitrogen functional groups attached to an aromatic ring is 1. The fraction of sp³-hybridized carbons (Fsp3) is 0.0500. The molecule has 0 unspecified atom stereocenters. The van der Waals surface area contributed by atoms with E-state index in [0.717, 1.165) is 33.0 Å². The summed E-state index contributed by atoms with van der Waals surface area (Å²) in [6.07, 6.45) is 0.590. The van der Waals surface area contributed by atoms with Gasteiger partial charge in [-0.05, 0) is 29.1 Å². The zero-order valence-corrected chi connectivity index (χ0v) is 12.9. The number of carbonyl (C=O) groups is 1. The van der Waals surface area contributed by atoms with Gasteiger partial charge in [-0.1, -0.05) is 36.4 Å². The topological polar surface area (TPSA) is 74.7 Å². The van der Waals surface area contributed by atoms with Gasteiger partial charge in [0.25, 0.3) is 0 Å². The molecule has 4 aromatic rings. The molecule has 5 rings (SSSR count). The summed E-state index contributed by atoms with van der Waals surface area (Å²) in [5, 5.41) is 2.31. The van der Waals surface area contributed by atoms with Gasteiger partial charge in [0.2, 0.25) is 0 Å². The number of carbonyl (C=O) groups excluding carboxylic acids is 1. The first-order chi connectivity index (χ1) is 11.7. The predicted octanol–water partition coefficient (Wildman–Crippen LogP) is 3.10. The molecule has 24 heavy (non-hydrogen) atoms. The highest BCUT2D eigenvalue weighted by atomic mass is 16.1.